The van der Waals surface area contributed by atoms with Crippen LogP contribution in [0.5, 0.6) is 0 Å². The highest BCUT2D eigenvalue weighted by Gasteiger charge is 2.28. The van der Waals surface area contributed by atoms with Crippen LogP contribution in [0.4, 0.5) is 0 Å². The number of nitrogens with one attached hydrogen (secondary N) is 1. The van der Waals surface area contributed by atoms with Crippen molar-refractivity contribution in [1.82, 2.24) is 10.2 Å². The summed E-state index contributed by atoms with van der Waals surface area (Å²) in [5.74, 6) is 1.24. The summed E-state index contributed by atoms with van der Waals surface area (Å²) >= 11 is 0. The first-order valence-corrected chi connectivity index (χ1v) is 7.01. The van der Waals surface area contributed by atoms with Gasteiger partial charge >= 0.3 is 0 Å². The number of aliphatic hydroxyl groups is 1. The molecule has 0 saturated carbocycles. The number of nitrogens with zero attached hydrogens (tertiary/aromatic N) is 1. The van der Waals surface area contributed by atoms with Crippen molar-refractivity contribution in [3.8, 4) is 0 Å². The Hall–Kier alpha value is -0.120. The second-order valence-electron chi connectivity index (χ2n) is 6.30. The summed E-state index contributed by atoms with van der Waals surface area (Å²) < 4.78 is 0. The van der Waals surface area contributed by atoms with Gasteiger partial charge in [0, 0.05) is 25.2 Å². The van der Waals surface area contributed by atoms with Crippen molar-refractivity contribution >= 4 is 0 Å². The molecular weight excluding hydrogens is 212 g/mol. The molecule has 0 aliphatic carbocycles. The molecule has 4 atom stereocenters. The average molecular weight is 242 g/mol. The van der Waals surface area contributed by atoms with E-state index in [1.54, 1.807) is 0 Å². The standard InChI is InChI=1S/C14H30N2O/c1-10(2)6-13(17)8-15-14-7-12(4)16(5)9-11(14)3/h10-15,17H,6-9H2,1-5H3. The Morgan fingerprint density at radius 1 is 1.35 bits per heavy atom. The molecule has 1 heterocycles. The lowest BCUT2D eigenvalue weighted by Crippen LogP contribution is -2.52. The molecule has 0 radical (unpaired) electrons. The van der Waals surface area contributed by atoms with E-state index >= 15 is 0 Å². The highest BCUT2D eigenvalue weighted by Crippen LogP contribution is 2.20. The molecule has 17 heavy (non-hydrogen) atoms. The van der Waals surface area contributed by atoms with E-state index in [-0.39, 0.29) is 6.10 Å². The van der Waals surface area contributed by atoms with Gasteiger partial charge in [0.2, 0.25) is 0 Å². The van der Waals surface area contributed by atoms with E-state index in [0.717, 1.165) is 19.5 Å². The zero-order chi connectivity index (χ0) is 13.0. The monoisotopic (exact) mass is 242 g/mol. The summed E-state index contributed by atoms with van der Waals surface area (Å²) in [5, 5.41) is 13.4. The second kappa shape index (κ2) is 6.72. The van der Waals surface area contributed by atoms with Crippen molar-refractivity contribution in [3.63, 3.8) is 0 Å². The van der Waals surface area contributed by atoms with E-state index < -0.39 is 0 Å². The maximum Gasteiger partial charge on any atom is 0.0667 e. The third kappa shape index (κ3) is 4.94. The molecule has 0 spiro atoms. The summed E-state index contributed by atoms with van der Waals surface area (Å²) in [6, 6.07) is 1.20. The number of aliphatic hydroxyl groups excluding tert-OH is 1. The van der Waals surface area contributed by atoms with Gasteiger partial charge in [0.15, 0.2) is 0 Å². The molecular formula is C14H30N2O. The number of hydrogen-bond donors (Lipinski definition) is 2. The van der Waals surface area contributed by atoms with Gasteiger partial charge in [-0.3, -0.25) is 0 Å². The Morgan fingerprint density at radius 3 is 2.59 bits per heavy atom. The third-order valence-corrected chi connectivity index (χ3v) is 3.97. The van der Waals surface area contributed by atoms with Crippen LogP contribution in [0, 0.1) is 11.8 Å². The van der Waals surface area contributed by atoms with Crippen LogP contribution in [0.3, 0.4) is 0 Å². The van der Waals surface area contributed by atoms with Gasteiger partial charge < -0.3 is 15.3 Å². The van der Waals surface area contributed by atoms with Crippen molar-refractivity contribution in [2.45, 2.75) is 58.7 Å². The van der Waals surface area contributed by atoms with Gasteiger partial charge in [0.25, 0.3) is 0 Å². The maximum atomic E-state index is 9.88. The fourth-order valence-corrected chi connectivity index (χ4v) is 2.74. The SMILES string of the molecule is CC(C)CC(O)CNC1CC(C)N(C)CC1C. The van der Waals surface area contributed by atoms with Crippen molar-refractivity contribution < 1.29 is 5.11 Å². The highest BCUT2D eigenvalue weighted by atomic mass is 16.3. The van der Waals surface area contributed by atoms with Crippen LogP contribution in [-0.2, 0) is 0 Å². The number of piperidine rings is 1. The zero-order valence-corrected chi connectivity index (χ0v) is 12.1. The first kappa shape index (κ1) is 14.9. The van der Waals surface area contributed by atoms with Gasteiger partial charge in [-0.15, -0.1) is 0 Å². The number of hydrogen-bond acceptors (Lipinski definition) is 3. The number of rotatable bonds is 5. The minimum Gasteiger partial charge on any atom is -0.392 e. The van der Waals surface area contributed by atoms with Crippen molar-refractivity contribution in [2.24, 2.45) is 11.8 Å². The summed E-state index contributed by atoms with van der Waals surface area (Å²) in [7, 11) is 2.20. The molecule has 3 heteroatoms. The Kier molecular flexibility index (Phi) is 5.90. The van der Waals surface area contributed by atoms with Gasteiger partial charge in [0.05, 0.1) is 6.10 Å². The quantitative estimate of drug-likeness (QED) is 0.770. The Balaban J connectivity index is 2.31. The highest BCUT2D eigenvalue weighted by molar-refractivity contribution is 4.86. The van der Waals surface area contributed by atoms with Crippen LogP contribution in [-0.4, -0.2) is 48.3 Å². The van der Waals surface area contributed by atoms with Crippen molar-refractivity contribution in [1.29, 1.82) is 0 Å². The predicted octanol–water partition coefficient (Wildman–Crippen LogP) is 1.71. The van der Waals surface area contributed by atoms with E-state index in [4.69, 9.17) is 0 Å². The first-order valence-electron chi connectivity index (χ1n) is 7.01. The molecule has 1 aliphatic heterocycles. The molecule has 1 aliphatic rings. The molecule has 2 N–H and O–H groups in total. The Bertz CT molecular complexity index is 220. The average Bonchev–Trinajstić information content (AvgIpc) is 2.20. The van der Waals surface area contributed by atoms with Gasteiger partial charge in [-0.05, 0) is 38.6 Å². The molecule has 0 amide bonds. The maximum absolute atomic E-state index is 9.88. The molecule has 1 fully saturated rings. The lowest BCUT2D eigenvalue weighted by atomic mass is 9.89. The lowest BCUT2D eigenvalue weighted by molar-refractivity contribution is 0.0990. The molecule has 1 rings (SSSR count). The molecule has 1 saturated heterocycles. The van der Waals surface area contributed by atoms with Gasteiger partial charge in [0.1, 0.15) is 0 Å². The minimum absolute atomic E-state index is 0.197. The summed E-state index contributed by atoms with van der Waals surface area (Å²) in [6.07, 6.45) is 1.88. The normalized spacial score (nSPS) is 33.0. The van der Waals surface area contributed by atoms with E-state index in [9.17, 15) is 5.11 Å². The van der Waals surface area contributed by atoms with Crippen LogP contribution in [0.15, 0.2) is 0 Å². The zero-order valence-electron chi connectivity index (χ0n) is 12.1. The predicted molar refractivity (Wildman–Crippen MR) is 73.1 cm³/mol. The second-order valence-corrected chi connectivity index (χ2v) is 6.30. The third-order valence-electron chi connectivity index (χ3n) is 3.97. The first-order chi connectivity index (χ1) is 7.90. The largest absolute Gasteiger partial charge is 0.392 e. The van der Waals surface area contributed by atoms with Crippen molar-refractivity contribution in [3.05, 3.63) is 0 Å². The van der Waals surface area contributed by atoms with Crippen LogP contribution < -0.4 is 5.32 Å². The topological polar surface area (TPSA) is 35.5 Å². The molecule has 0 aromatic carbocycles. The molecule has 0 bridgehead atoms. The van der Waals surface area contributed by atoms with Crippen LogP contribution >= 0.6 is 0 Å². The summed E-state index contributed by atoms with van der Waals surface area (Å²) in [5.41, 5.74) is 0. The van der Waals surface area contributed by atoms with Gasteiger partial charge in [-0.2, -0.15) is 0 Å². The van der Waals surface area contributed by atoms with E-state index in [1.807, 2.05) is 0 Å². The van der Waals surface area contributed by atoms with E-state index in [1.165, 1.54) is 6.42 Å². The summed E-state index contributed by atoms with van der Waals surface area (Å²) in [4.78, 5) is 2.42. The van der Waals surface area contributed by atoms with Gasteiger partial charge in [-0.1, -0.05) is 20.8 Å². The Morgan fingerprint density at radius 2 is 2.00 bits per heavy atom. The summed E-state index contributed by atoms with van der Waals surface area (Å²) in [6.45, 7) is 10.8. The van der Waals surface area contributed by atoms with Crippen LogP contribution in [0.2, 0.25) is 0 Å². The Labute approximate surface area is 107 Å². The van der Waals surface area contributed by atoms with E-state index in [2.05, 4.69) is 45.0 Å². The van der Waals surface area contributed by atoms with E-state index in [0.29, 0.717) is 23.9 Å². The lowest BCUT2D eigenvalue weighted by Gasteiger charge is -2.40. The fourth-order valence-electron chi connectivity index (χ4n) is 2.74. The molecule has 0 aromatic rings. The minimum atomic E-state index is -0.197. The molecule has 0 aromatic heterocycles. The van der Waals surface area contributed by atoms with Crippen LogP contribution in [0.25, 0.3) is 0 Å². The van der Waals surface area contributed by atoms with Crippen molar-refractivity contribution in [2.75, 3.05) is 20.1 Å². The smallest absolute Gasteiger partial charge is 0.0667 e. The fraction of sp³-hybridized carbons (Fsp3) is 1.00. The number of likely N-dealkylation sites (tertiary alicyclic amines) is 1. The van der Waals surface area contributed by atoms with Crippen LogP contribution in [0.1, 0.15) is 40.5 Å². The molecule has 102 valence electrons. The molecule has 4 unspecified atom stereocenters. The van der Waals surface area contributed by atoms with Gasteiger partial charge in [-0.25, -0.2) is 0 Å². The molecule has 3 nitrogen and oxygen atoms in total.